The van der Waals surface area contributed by atoms with E-state index in [4.69, 9.17) is 16.3 Å². The number of nitrogens with one attached hydrogen (secondary N) is 1. The number of ether oxygens (including phenoxy) is 1. The Bertz CT molecular complexity index is 604. The monoisotopic (exact) mass is 354 g/mol. The number of alkyl halides is 1. The summed E-state index contributed by atoms with van der Waals surface area (Å²) in [6, 6.07) is 9.77. The number of hydrogen-bond donors (Lipinski definition) is 1. The fraction of sp³-hybridized carbons (Fsp3) is 0.267. The first kappa shape index (κ1) is 15.1. The van der Waals surface area contributed by atoms with E-state index in [0.29, 0.717) is 12.5 Å². The Kier molecular flexibility index (Phi) is 5.26. The second-order valence-corrected chi connectivity index (χ2v) is 5.40. The first-order valence-electron chi connectivity index (χ1n) is 6.36. The minimum atomic E-state index is 0.414. The maximum atomic E-state index is 5.96. The molecule has 1 heterocycles. The van der Waals surface area contributed by atoms with Crippen molar-refractivity contribution in [2.75, 3.05) is 11.9 Å². The van der Waals surface area contributed by atoms with Gasteiger partial charge in [-0.05, 0) is 60.1 Å². The molecule has 0 saturated heterocycles. The molecule has 0 aliphatic rings. The van der Waals surface area contributed by atoms with Gasteiger partial charge >= 0.3 is 0 Å². The topological polar surface area (TPSA) is 34.1 Å². The zero-order valence-corrected chi connectivity index (χ0v) is 13.8. The third kappa shape index (κ3) is 3.64. The molecule has 0 amide bonds. The van der Waals surface area contributed by atoms with Crippen LogP contribution in [0, 0.1) is 6.92 Å². The summed E-state index contributed by atoms with van der Waals surface area (Å²) in [5, 5.41) is 3.27. The Morgan fingerprint density at radius 3 is 2.75 bits per heavy atom. The number of aryl methyl sites for hydroxylation is 1. The minimum absolute atomic E-state index is 0.414. The molecule has 0 unspecified atom stereocenters. The molecule has 0 aliphatic carbocycles. The molecule has 1 aromatic heterocycles. The van der Waals surface area contributed by atoms with Gasteiger partial charge in [0, 0.05) is 15.7 Å². The van der Waals surface area contributed by atoms with Crippen molar-refractivity contribution >= 4 is 39.0 Å². The molecule has 2 rings (SSSR count). The van der Waals surface area contributed by atoms with E-state index in [-0.39, 0.29) is 0 Å². The third-order valence-electron chi connectivity index (χ3n) is 2.80. The van der Waals surface area contributed by atoms with E-state index in [1.54, 1.807) is 0 Å². The lowest BCUT2D eigenvalue weighted by Gasteiger charge is -2.12. The van der Waals surface area contributed by atoms with Crippen LogP contribution in [-0.4, -0.2) is 11.6 Å². The predicted octanol–water partition coefficient (Wildman–Crippen LogP) is 5.03. The molecule has 0 atom stereocenters. The molecular weight excluding hydrogens is 340 g/mol. The van der Waals surface area contributed by atoms with Crippen LogP contribution >= 0.6 is 27.5 Å². The molecule has 3 nitrogen and oxygen atoms in total. The van der Waals surface area contributed by atoms with Crippen LogP contribution in [0.15, 0.2) is 34.8 Å². The van der Waals surface area contributed by atoms with Gasteiger partial charge < -0.3 is 10.1 Å². The van der Waals surface area contributed by atoms with E-state index in [2.05, 4.69) is 26.2 Å². The number of anilines is 2. The smallest absolute Gasteiger partial charge is 0.130 e. The number of hydrogen-bond acceptors (Lipinski definition) is 3. The van der Waals surface area contributed by atoms with Crippen molar-refractivity contribution in [1.29, 1.82) is 0 Å². The van der Waals surface area contributed by atoms with Crippen molar-refractivity contribution in [1.82, 2.24) is 4.98 Å². The number of aromatic nitrogens is 1. The van der Waals surface area contributed by atoms with Crippen LogP contribution < -0.4 is 10.1 Å². The molecule has 1 N–H and O–H groups in total. The molecular formula is C15H16BrClN2O. The zero-order chi connectivity index (χ0) is 14.5. The van der Waals surface area contributed by atoms with E-state index < -0.39 is 0 Å². The second-order valence-electron chi connectivity index (χ2n) is 4.28. The molecule has 0 spiro atoms. The van der Waals surface area contributed by atoms with Crippen LogP contribution in [0.4, 0.5) is 11.5 Å². The van der Waals surface area contributed by atoms with Crippen LogP contribution in [0.2, 0.25) is 0 Å². The lowest BCUT2D eigenvalue weighted by atomic mass is 10.2. The molecule has 5 heteroatoms. The summed E-state index contributed by atoms with van der Waals surface area (Å²) in [6.07, 6.45) is 0. The maximum Gasteiger partial charge on any atom is 0.130 e. The summed E-state index contributed by atoms with van der Waals surface area (Å²) in [4.78, 5) is 4.46. The summed E-state index contributed by atoms with van der Waals surface area (Å²) in [6.45, 7) is 4.54. The van der Waals surface area contributed by atoms with Crippen molar-refractivity contribution < 1.29 is 4.74 Å². The van der Waals surface area contributed by atoms with Crippen molar-refractivity contribution in [3.63, 3.8) is 0 Å². The molecule has 20 heavy (non-hydrogen) atoms. The van der Waals surface area contributed by atoms with Crippen LogP contribution in [-0.2, 0) is 5.88 Å². The van der Waals surface area contributed by atoms with E-state index >= 15 is 0 Å². The predicted molar refractivity (Wildman–Crippen MR) is 87.1 cm³/mol. The lowest BCUT2D eigenvalue weighted by Crippen LogP contribution is -1.99. The summed E-state index contributed by atoms with van der Waals surface area (Å²) in [5.41, 5.74) is 2.85. The standard InChI is InChI=1S/C15H16BrClN2O/c1-3-20-14-6-4-12(8-11(14)9-17)19-15-7-5-13(16)10(2)18-15/h4-8H,3,9H2,1-2H3,(H,18,19). The normalized spacial score (nSPS) is 10.4. The first-order chi connectivity index (χ1) is 9.63. The lowest BCUT2D eigenvalue weighted by molar-refractivity contribution is 0.337. The van der Waals surface area contributed by atoms with Crippen molar-refractivity contribution in [2.45, 2.75) is 19.7 Å². The van der Waals surface area contributed by atoms with Crippen LogP contribution in [0.1, 0.15) is 18.2 Å². The van der Waals surface area contributed by atoms with Gasteiger partial charge in [0.25, 0.3) is 0 Å². The van der Waals surface area contributed by atoms with Crippen molar-refractivity contribution in [3.8, 4) is 5.75 Å². The van der Waals surface area contributed by atoms with E-state index in [1.807, 2.05) is 44.2 Å². The third-order valence-corrected chi connectivity index (χ3v) is 3.92. The molecule has 0 saturated carbocycles. The molecule has 0 radical (unpaired) electrons. The van der Waals surface area contributed by atoms with Crippen molar-refractivity contribution in [3.05, 3.63) is 46.1 Å². The molecule has 106 valence electrons. The minimum Gasteiger partial charge on any atom is -0.494 e. The van der Waals surface area contributed by atoms with Gasteiger partial charge in [0.05, 0.1) is 18.2 Å². The summed E-state index contributed by atoms with van der Waals surface area (Å²) >= 11 is 9.40. The van der Waals surface area contributed by atoms with Crippen LogP contribution in [0.5, 0.6) is 5.75 Å². The maximum absolute atomic E-state index is 5.96. The van der Waals surface area contributed by atoms with Gasteiger partial charge in [-0.25, -0.2) is 4.98 Å². The Morgan fingerprint density at radius 1 is 1.30 bits per heavy atom. The van der Waals surface area contributed by atoms with E-state index in [0.717, 1.165) is 33.0 Å². The molecule has 0 aliphatic heterocycles. The number of halogens is 2. The zero-order valence-electron chi connectivity index (χ0n) is 11.4. The Morgan fingerprint density at radius 2 is 2.10 bits per heavy atom. The first-order valence-corrected chi connectivity index (χ1v) is 7.68. The fourth-order valence-corrected chi connectivity index (χ4v) is 2.25. The van der Waals surface area contributed by atoms with Crippen LogP contribution in [0.3, 0.4) is 0 Å². The number of nitrogens with zero attached hydrogens (tertiary/aromatic N) is 1. The van der Waals surface area contributed by atoms with Gasteiger partial charge in [-0.2, -0.15) is 0 Å². The molecule has 0 fully saturated rings. The van der Waals surface area contributed by atoms with Gasteiger partial charge in [-0.1, -0.05) is 0 Å². The Labute approximate surface area is 132 Å². The Balaban J connectivity index is 2.22. The van der Waals surface area contributed by atoms with E-state index in [9.17, 15) is 0 Å². The van der Waals surface area contributed by atoms with Crippen LogP contribution in [0.25, 0.3) is 0 Å². The summed E-state index contributed by atoms with van der Waals surface area (Å²) in [5.74, 6) is 2.04. The number of benzene rings is 1. The highest BCUT2D eigenvalue weighted by atomic mass is 79.9. The summed E-state index contributed by atoms with van der Waals surface area (Å²) in [7, 11) is 0. The molecule has 0 bridgehead atoms. The van der Waals surface area contributed by atoms with Gasteiger partial charge in [0.15, 0.2) is 0 Å². The second kappa shape index (κ2) is 6.95. The number of rotatable bonds is 5. The average molecular weight is 356 g/mol. The van der Waals surface area contributed by atoms with Gasteiger partial charge in [0.1, 0.15) is 11.6 Å². The molecule has 2 aromatic rings. The highest BCUT2D eigenvalue weighted by Crippen LogP contribution is 2.26. The van der Waals surface area contributed by atoms with Gasteiger partial charge in [0.2, 0.25) is 0 Å². The van der Waals surface area contributed by atoms with Gasteiger partial charge in [-0.15, -0.1) is 11.6 Å². The largest absolute Gasteiger partial charge is 0.494 e. The summed E-state index contributed by atoms with van der Waals surface area (Å²) < 4.78 is 6.53. The SMILES string of the molecule is CCOc1ccc(Nc2ccc(Br)c(C)n2)cc1CCl. The highest BCUT2D eigenvalue weighted by Gasteiger charge is 2.05. The molecule has 1 aromatic carbocycles. The quantitative estimate of drug-likeness (QED) is 0.763. The average Bonchev–Trinajstić information content (AvgIpc) is 2.45. The fourth-order valence-electron chi connectivity index (χ4n) is 1.82. The van der Waals surface area contributed by atoms with Crippen molar-refractivity contribution in [2.24, 2.45) is 0 Å². The Hall–Kier alpha value is -1.26. The van der Waals surface area contributed by atoms with Gasteiger partial charge in [-0.3, -0.25) is 0 Å². The number of pyridine rings is 1. The highest BCUT2D eigenvalue weighted by molar-refractivity contribution is 9.10. The van der Waals surface area contributed by atoms with E-state index in [1.165, 1.54) is 0 Å².